The molecule has 0 saturated carbocycles. The van der Waals surface area contributed by atoms with Gasteiger partial charge in [-0.25, -0.2) is 0 Å². The molecule has 0 bridgehead atoms. The highest BCUT2D eigenvalue weighted by Gasteiger charge is 2.16. The highest BCUT2D eigenvalue weighted by molar-refractivity contribution is 8.00. The first kappa shape index (κ1) is 15.0. The molecule has 1 aliphatic rings. The SMILES string of the molecule is COc1cc(N)ccc1SCC(=O)N1CCCCCC1. The summed E-state index contributed by atoms with van der Waals surface area (Å²) in [4.78, 5) is 15.2. The molecule has 1 aliphatic heterocycles. The lowest BCUT2D eigenvalue weighted by Crippen LogP contribution is -2.33. The van der Waals surface area contributed by atoms with Gasteiger partial charge in [-0.1, -0.05) is 12.8 Å². The number of nitrogens with two attached hydrogens (primary N) is 1. The number of anilines is 1. The number of amides is 1. The van der Waals surface area contributed by atoms with Crippen LogP contribution in [-0.2, 0) is 4.79 Å². The van der Waals surface area contributed by atoms with Gasteiger partial charge in [0.15, 0.2) is 0 Å². The molecule has 4 nitrogen and oxygen atoms in total. The second kappa shape index (κ2) is 7.43. The minimum absolute atomic E-state index is 0.218. The minimum Gasteiger partial charge on any atom is -0.496 e. The lowest BCUT2D eigenvalue weighted by atomic mass is 10.2. The van der Waals surface area contributed by atoms with E-state index in [0.717, 1.165) is 36.6 Å². The number of hydrogen-bond donors (Lipinski definition) is 1. The van der Waals surface area contributed by atoms with E-state index >= 15 is 0 Å². The molecule has 0 radical (unpaired) electrons. The molecule has 1 saturated heterocycles. The Labute approximate surface area is 124 Å². The highest BCUT2D eigenvalue weighted by Crippen LogP contribution is 2.31. The minimum atomic E-state index is 0.218. The molecule has 110 valence electrons. The number of carbonyl (C=O) groups is 1. The fourth-order valence-corrected chi connectivity index (χ4v) is 3.26. The standard InChI is InChI=1S/C15H22N2O2S/c1-19-13-10-12(16)6-7-14(13)20-11-15(18)17-8-4-2-3-5-9-17/h6-7,10H,2-5,8-9,11,16H2,1H3. The third kappa shape index (κ3) is 4.07. The Hall–Kier alpha value is -1.36. The largest absolute Gasteiger partial charge is 0.496 e. The molecule has 5 heteroatoms. The van der Waals surface area contributed by atoms with Crippen molar-refractivity contribution in [3.05, 3.63) is 18.2 Å². The fourth-order valence-electron chi connectivity index (χ4n) is 2.35. The van der Waals surface area contributed by atoms with E-state index in [1.807, 2.05) is 17.0 Å². The van der Waals surface area contributed by atoms with Crippen LogP contribution in [0.15, 0.2) is 23.1 Å². The van der Waals surface area contributed by atoms with Crippen molar-refractivity contribution in [1.82, 2.24) is 4.90 Å². The number of ether oxygens (including phenoxy) is 1. The van der Waals surface area contributed by atoms with Gasteiger partial charge in [-0.2, -0.15) is 0 Å². The van der Waals surface area contributed by atoms with Gasteiger partial charge in [0.05, 0.1) is 12.9 Å². The van der Waals surface area contributed by atoms with Crippen LogP contribution in [0.4, 0.5) is 5.69 Å². The van der Waals surface area contributed by atoms with E-state index in [1.54, 1.807) is 13.2 Å². The predicted octanol–water partition coefficient (Wildman–Crippen LogP) is 2.77. The summed E-state index contributed by atoms with van der Waals surface area (Å²) in [6.45, 7) is 1.80. The molecule has 1 aromatic rings. The summed E-state index contributed by atoms with van der Waals surface area (Å²) < 4.78 is 5.30. The van der Waals surface area contributed by atoms with Gasteiger partial charge in [0.1, 0.15) is 5.75 Å². The smallest absolute Gasteiger partial charge is 0.232 e. The number of nitrogens with zero attached hydrogens (tertiary/aromatic N) is 1. The molecule has 0 spiro atoms. The second-order valence-electron chi connectivity index (χ2n) is 4.99. The van der Waals surface area contributed by atoms with Crippen LogP contribution >= 0.6 is 11.8 Å². The van der Waals surface area contributed by atoms with Gasteiger partial charge in [-0.3, -0.25) is 4.79 Å². The second-order valence-corrected chi connectivity index (χ2v) is 6.01. The molecule has 0 aromatic heterocycles. The highest BCUT2D eigenvalue weighted by atomic mass is 32.2. The zero-order valence-corrected chi connectivity index (χ0v) is 12.7. The number of carbonyl (C=O) groups excluding carboxylic acids is 1. The molecule has 20 heavy (non-hydrogen) atoms. The summed E-state index contributed by atoms with van der Waals surface area (Å²) in [5, 5.41) is 0. The molecular weight excluding hydrogens is 272 g/mol. The van der Waals surface area contributed by atoms with E-state index in [4.69, 9.17) is 10.5 Å². The Morgan fingerprint density at radius 1 is 1.30 bits per heavy atom. The van der Waals surface area contributed by atoms with E-state index in [9.17, 15) is 4.79 Å². The van der Waals surface area contributed by atoms with Crippen LogP contribution in [0.2, 0.25) is 0 Å². The Bertz CT molecular complexity index is 457. The van der Waals surface area contributed by atoms with Gasteiger partial charge in [0, 0.05) is 29.7 Å². The van der Waals surface area contributed by atoms with Crippen LogP contribution in [0.3, 0.4) is 0 Å². The quantitative estimate of drug-likeness (QED) is 0.685. The maximum atomic E-state index is 12.2. The van der Waals surface area contributed by atoms with E-state index in [0.29, 0.717) is 11.4 Å². The van der Waals surface area contributed by atoms with Gasteiger partial charge >= 0.3 is 0 Å². The van der Waals surface area contributed by atoms with Crippen LogP contribution in [-0.4, -0.2) is 36.8 Å². The Morgan fingerprint density at radius 3 is 2.65 bits per heavy atom. The van der Waals surface area contributed by atoms with Crippen LogP contribution in [0.5, 0.6) is 5.75 Å². The van der Waals surface area contributed by atoms with E-state index in [1.165, 1.54) is 24.6 Å². The lowest BCUT2D eigenvalue weighted by Gasteiger charge is -2.20. The van der Waals surface area contributed by atoms with E-state index in [2.05, 4.69) is 0 Å². The normalized spacial score (nSPS) is 15.8. The van der Waals surface area contributed by atoms with Crippen LogP contribution in [0, 0.1) is 0 Å². The fraction of sp³-hybridized carbons (Fsp3) is 0.533. The van der Waals surface area contributed by atoms with Crippen molar-refractivity contribution in [2.45, 2.75) is 30.6 Å². The zero-order valence-electron chi connectivity index (χ0n) is 11.9. The van der Waals surface area contributed by atoms with Crippen molar-refractivity contribution in [3.8, 4) is 5.75 Å². The van der Waals surface area contributed by atoms with Gasteiger partial charge in [0.25, 0.3) is 0 Å². The maximum Gasteiger partial charge on any atom is 0.232 e. The molecule has 1 amide bonds. The third-order valence-corrected chi connectivity index (χ3v) is 4.54. The van der Waals surface area contributed by atoms with Crippen molar-refractivity contribution in [3.63, 3.8) is 0 Å². The molecule has 2 N–H and O–H groups in total. The molecule has 1 fully saturated rings. The molecular formula is C15H22N2O2S. The number of benzene rings is 1. The van der Waals surface area contributed by atoms with Crippen molar-refractivity contribution < 1.29 is 9.53 Å². The topological polar surface area (TPSA) is 55.6 Å². The predicted molar refractivity (Wildman–Crippen MR) is 83.2 cm³/mol. The average molecular weight is 294 g/mol. The van der Waals surface area contributed by atoms with Crippen LogP contribution < -0.4 is 10.5 Å². The van der Waals surface area contributed by atoms with Gasteiger partial charge < -0.3 is 15.4 Å². The summed E-state index contributed by atoms with van der Waals surface area (Å²) in [5.74, 6) is 1.41. The first-order valence-electron chi connectivity index (χ1n) is 7.05. The molecule has 0 aliphatic carbocycles. The third-order valence-electron chi connectivity index (χ3n) is 3.50. The van der Waals surface area contributed by atoms with Crippen molar-refractivity contribution in [2.75, 3.05) is 31.7 Å². The molecule has 0 unspecified atom stereocenters. The number of hydrogen-bond acceptors (Lipinski definition) is 4. The first-order chi connectivity index (χ1) is 9.70. The van der Waals surface area contributed by atoms with Gasteiger partial charge in [-0.05, 0) is 25.0 Å². The number of thioether (sulfide) groups is 1. The number of rotatable bonds is 4. The summed E-state index contributed by atoms with van der Waals surface area (Å²) in [5.41, 5.74) is 6.40. The molecule has 1 aromatic carbocycles. The molecule has 1 heterocycles. The monoisotopic (exact) mass is 294 g/mol. The van der Waals surface area contributed by atoms with Gasteiger partial charge in [-0.15, -0.1) is 11.8 Å². The molecule has 2 rings (SSSR count). The van der Waals surface area contributed by atoms with E-state index < -0.39 is 0 Å². The lowest BCUT2D eigenvalue weighted by molar-refractivity contribution is -0.128. The summed E-state index contributed by atoms with van der Waals surface area (Å²) in [6.07, 6.45) is 4.73. The Balaban J connectivity index is 1.92. The Kier molecular flexibility index (Phi) is 5.59. The molecule has 0 atom stereocenters. The van der Waals surface area contributed by atoms with Crippen LogP contribution in [0.25, 0.3) is 0 Å². The van der Waals surface area contributed by atoms with Crippen molar-refractivity contribution in [1.29, 1.82) is 0 Å². The van der Waals surface area contributed by atoms with Crippen molar-refractivity contribution >= 4 is 23.4 Å². The summed E-state index contributed by atoms with van der Waals surface area (Å²) >= 11 is 1.52. The maximum absolute atomic E-state index is 12.2. The first-order valence-corrected chi connectivity index (χ1v) is 8.03. The zero-order chi connectivity index (χ0) is 14.4. The summed E-state index contributed by atoms with van der Waals surface area (Å²) in [7, 11) is 1.62. The number of nitrogen functional groups attached to an aromatic ring is 1. The number of likely N-dealkylation sites (tertiary alicyclic amines) is 1. The number of methoxy groups -OCH3 is 1. The van der Waals surface area contributed by atoms with E-state index in [-0.39, 0.29) is 5.91 Å². The average Bonchev–Trinajstić information content (AvgIpc) is 2.74. The Morgan fingerprint density at radius 2 is 2.00 bits per heavy atom. The van der Waals surface area contributed by atoms with Gasteiger partial charge in [0.2, 0.25) is 5.91 Å². The van der Waals surface area contributed by atoms with Crippen LogP contribution in [0.1, 0.15) is 25.7 Å². The van der Waals surface area contributed by atoms with Crippen molar-refractivity contribution in [2.24, 2.45) is 0 Å². The summed E-state index contributed by atoms with van der Waals surface area (Å²) in [6, 6.07) is 5.54.